The van der Waals surface area contributed by atoms with Crippen molar-refractivity contribution in [1.82, 2.24) is 0 Å². The van der Waals surface area contributed by atoms with E-state index in [1.165, 1.54) is 5.57 Å². The van der Waals surface area contributed by atoms with Crippen molar-refractivity contribution in [2.75, 3.05) is 0 Å². The van der Waals surface area contributed by atoms with Crippen LogP contribution in [0.2, 0.25) is 0 Å². The van der Waals surface area contributed by atoms with Gasteiger partial charge < -0.3 is 0 Å². The highest BCUT2D eigenvalue weighted by atomic mass is 13.7. The second-order valence-electron chi connectivity index (χ2n) is 1.48. The maximum absolute atomic E-state index is 3.52. The Morgan fingerprint density at radius 1 is 1.25 bits per heavy atom. The summed E-state index contributed by atoms with van der Waals surface area (Å²) < 4.78 is 0. The second-order valence-corrected chi connectivity index (χ2v) is 1.48. The van der Waals surface area contributed by atoms with Crippen LogP contribution in [0.5, 0.6) is 0 Å². The standard InChI is InChI=1S/C6H10.C2H6/c1-4-5-6(2)3;1-2/h4-5H,1H2,2-3H3;1-2H3. The van der Waals surface area contributed by atoms with Crippen molar-refractivity contribution >= 4 is 0 Å². The molecule has 0 fully saturated rings. The van der Waals surface area contributed by atoms with Gasteiger partial charge in [-0.15, -0.1) is 0 Å². The summed E-state index contributed by atoms with van der Waals surface area (Å²) in [5.74, 6) is 0. The Labute approximate surface area is 52.9 Å². The molecule has 0 spiro atoms. The fourth-order valence-corrected chi connectivity index (χ4v) is 0.236. The summed E-state index contributed by atoms with van der Waals surface area (Å²) in [6.07, 6.45) is 3.76. The van der Waals surface area contributed by atoms with E-state index in [9.17, 15) is 0 Å². The van der Waals surface area contributed by atoms with Crippen LogP contribution in [-0.2, 0) is 0 Å². The molecule has 0 bridgehead atoms. The van der Waals surface area contributed by atoms with Crippen LogP contribution in [-0.4, -0.2) is 0 Å². The minimum atomic E-state index is 1.30. The van der Waals surface area contributed by atoms with Crippen LogP contribution in [0.3, 0.4) is 0 Å². The molecule has 0 aliphatic carbocycles. The maximum atomic E-state index is 3.52. The fraction of sp³-hybridized carbons (Fsp3) is 0.500. The van der Waals surface area contributed by atoms with Gasteiger partial charge >= 0.3 is 0 Å². The van der Waals surface area contributed by atoms with Gasteiger partial charge in [-0.25, -0.2) is 0 Å². The van der Waals surface area contributed by atoms with Crippen LogP contribution in [0.25, 0.3) is 0 Å². The predicted octanol–water partition coefficient (Wildman–Crippen LogP) is 3.16. The first-order valence-electron chi connectivity index (χ1n) is 3.03. The molecule has 0 nitrogen and oxygen atoms in total. The largest absolute Gasteiger partial charge is 0.0991 e. The summed E-state index contributed by atoms with van der Waals surface area (Å²) >= 11 is 0. The second kappa shape index (κ2) is 9.70. The van der Waals surface area contributed by atoms with Gasteiger partial charge in [0.25, 0.3) is 0 Å². The summed E-state index contributed by atoms with van der Waals surface area (Å²) in [5, 5.41) is 0. The zero-order chi connectivity index (χ0) is 6.99. The van der Waals surface area contributed by atoms with Crippen molar-refractivity contribution in [2.24, 2.45) is 0 Å². The zero-order valence-corrected chi connectivity index (χ0v) is 6.36. The third kappa shape index (κ3) is 17.9. The van der Waals surface area contributed by atoms with E-state index in [0.29, 0.717) is 0 Å². The highest BCUT2D eigenvalue weighted by Crippen LogP contribution is 1.85. The number of hydrogen-bond acceptors (Lipinski definition) is 0. The van der Waals surface area contributed by atoms with Crippen molar-refractivity contribution in [1.29, 1.82) is 0 Å². The molecule has 8 heavy (non-hydrogen) atoms. The Morgan fingerprint density at radius 2 is 1.62 bits per heavy atom. The maximum Gasteiger partial charge on any atom is -0.0439 e. The number of rotatable bonds is 1. The highest BCUT2D eigenvalue weighted by molar-refractivity contribution is 5.04. The van der Waals surface area contributed by atoms with Crippen molar-refractivity contribution in [2.45, 2.75) is 27.7 Å². The van der Waals surface area contributed by atoms with E-state index in [1.54, 1.807) is 6.08 Å². The average Bonchev–Trinajstić information content (AvgIpc) is 1.72. The van der Waals surface area contributed by atoms with Gasteiger partial charge in [0.2, 0.25) is 0 Å². The first kappa shape index (κ1) is 10.5. The summed E-state index contributed by atoms with van der Waals surface area (Å²) in [5.41, 5.74) is 1.30. The summed E-state index contributed by atoms with van der Waals surface area (Å²) in [7, 11) is 0. The van der Waals surface area contributed by atoms with E-state index in [4.69, 9.17) is 0 Å². The van der Waals surface area contributed by atoms with Gasteiger partial charge in [-0.2, -0.15) is 0 Å². The molecule has 0 radical (unpaired) electrons. The van der Waals surface area contributed by atoms with Gasteiger partial charge in [-0.1, -0.05) is 38.2 Å². The third-order valence-electron chi connectivity index (χ3n) is 0.451. The number of hydrogen-bond donors (Lipinski definition) is 0. The Balaban J connectivity index is 0. The van der Waals surface area contributed by atoms with Crippen LogP contribution in [0, 0.1) is 0 Å². The summed E-state index contributed by atoms with van der Waals surface area (Å²) in [6.45, 7) is 11.6. The van der Waals surface area contributed by atoms with Crippen LogP contribution in [0.1, 0.15) is 27.7 Å². The van der Waals surface area contributed by atoms with E-state index in [1.807, 2.05) is 33.8 Å². The monoisotopic (exact) mass is 112 g/mol. The van der Waals surface area contributed by atoms with Crippen molar-refractivity contribution in [3.63, 3.8) is 0 Å². The molecule has 0 aromatic carbocycles. The molecule has 0 saturated carbocycles. The predicted molar refractivity (Wildman–Crippen MR) is 41.0 cm³/mol. The van der Waals surface area contributed by atoms with Crippen LogP contribution in [0.4, 0.5) is 0 Å². The molecule has 0 aliphatic rings. The van der Waals surface area contributed by atoms with Crippen molar-refractivity contribution < 1.29 is 0 Å². The molecule has 0 heteroatoms. The van der Waals surface area contributed by atoms with Gasteiger partial charge in [0.1, 0.15) is 0 Å². The van der Waals surface area contributed by atoms with E-state index in [2.05, 4.69) is 6.58 Å². The quantitative estimate of drug-likeness (QED) is 0.457. The number of allylic oxidation sites excluding steroid dienone is 3. The molecule has 0 N–H and O–H groups in total. The van der Waals surface area contributed by atoms with Crippen LogP contribution < -0.4 is 0 Å². The smallest absolute Gasteiger partial charge is 0.0439 e. The van der Waals surface area contributed by atoms with Gasteiger partial charge in [-0.05, 0) is 13.8 Å². The Kier molecular flexibility index (Phi) is 12.7. The lowest BCUT2D eigenvalue weighted by Gasteiger charge is -1.76. The molecule has 0 heterocycles. The van der Waals surface area contributed by atoms with E-state index in [0.717, 1.165) is 0 Å². The molecule has 0 rings (SSSR count). The van der Waals surface area contributed by atoms with Crippen LogP contribution >= 0.6 is 0 Å². The van der Waals surface area contributed by atoms with Gasteiger partial charge in [0, 0.05) is 0 Å². The first-order chi connectivity index (χ1) is 3.77. The summed E-state index contributed by atoms with van der Waals surface area (Å²) in [4.78, 5) is 0. The molecule has 0 aromatic heterocycles. The topological polar surface area (TPSA) is 0 Å². The van der Waals surface area contributed by atoms with Crippen LogP contribution in [0.15, 0.2) is 24.3 Å². The minimum Gasteiger partial charge on any atom is -0.0991 e. The Hall–Kier alpha value is -0.520. The third-order valence-corrected chi connectivity index (χ3v) is 0.451. The molecule has 0 amide bonds. The molecule has 0 aromatic rings. The van der Waals surface area contributed by atoms with E-state index in [-0.39, 0.29) is 0 Å². The first-order valence-corrected chi connectivity index (χ1v) is 3.03. The van der Waals surface area contributed by atoms with E-state index >= 15 is 0 Å². The molecule has 48 valence electrons. The van der Waals surface area contributed by atoms with Gasteiger partial charge in [0.15, 0.2) is 0 Å². The van der Waals surface area contributed by atoms with Gasteiger partial charge in [-0.3, -0.25) is 0 Å². The Bertz CT molecular complexity index is 64.1. The van der Waals surface area contributed by atoms with Crippen molar-refractivity contribution in [3.05, 3.63) is 24.3 Å². The molecule has 0 atom stereocenters. The summed E-state index contributed by atoms with van der Waals surface area (Å²) in [6, 6.07) is 0. The molecular weight excluding hydrogens is 96.1 g/mol. The molecule has 0 aliphatic heterocycles. The highest BCUT2D eigenvalue weighted by Gasteiger charge is 1.63. The Morgan fingerprint density at radius 3 is 1.62 bits per heavy atom. The lowest BCUT2D eigenvalue weighted by molar-refractivity contribution is 1.40. The normalized spacial score (nSPS) is 6.00. The SMILES string of the molecule is C=CC=C(C)C.CC. The van der Waals surface area contributed by atoms with Crippen molar-refractivity contribution in [3.8, 4) is 0 Å². The van der Waals surface area contributed by atoms with E-state index < -0.39 is 0 Å². The average molecular weight is 112 g/mol. The molecular formula is C8H16. The fourth-order valence-electron chi connectivity index (χ4n) is 0.236. The molecule has 0 unspecified atom stereocenters. The zero-order valence-electron chi connectivity index (χ0n) is 6.36. The molecule has 0 saturated heterocycles. The lowest BCUT2D eigenvalue weighted by atomic mass is 10.3. The lowest BCUT2D eigenvalue weighted by Crippen LogP contribution is -1.54. The van der Waals surface area contributed by atoms with Gasteiger partial charge in [0.05, 0.1) is 0 Å². The minimum absolute atomic E-state index is 1.30.